The highest BCUT2D eigenvalue weighted by Gasteiger charge is 2.30. The van der Waals surface area contributed by atoms with Crippen molar-refractivity contribution in [2.45, 2.75) is 6.18 Å². The number of hydrogen-bond acceptors (Lipinski definition) is 1. The molecule has 0 bridgehead atoms. The monoisotopic (exact) mass is 279 g/mol. The molecule has 0 saturated heterocycles. The standard InChI is InChI=1S/C10H6BF6N2/c12-10(13,14)7-1-3-9(4-2-7)19-6-8(5-18-19)11(15,16)17/h1-6H/q-1. The number of benzene rings is 1. The van der Waals surface area contributed by atoms with Gasteiger partial charge in [-0.1, -0.05) is 5.46 Å². The number of aromatic nitrogens is 2. The topological polar surface area (TPSA) is 17.8 Å². The van der Waals surface area contributed by atoms with Crippen molar-refractivity contribution in [1.82, 2.24) is 9.78 Å². The van der Waals surface area contributed by atoms with Crippen molar-refractivity contribution in [3.05, 3.63) is 42.2 Å². The smallest absolute Gasteiger partial charge is 0.445 e. The number of hydrogen-bond donors (Lipinski definition) is 0. The first-order valence-corrected chi connectivity index (χ1v) is 5.10. The summed E-state index contributed by atoms with van der Waals surface area (Å²) in [5.41, 5.74) is -1.65. The highest BCUT2D eigenvalue weighted by molar-refractivity contribution is 6.73. The minimum atomic E-state index is -5.17. The van der Waals surface area contributed by atoms with Crippen LogP contribution in [0.3, 0.4) is 0 Å². The maximum Gasteiger partial charge on any atom is 0.512 e. The first-order chi connectivity index (χ1) is 8.68. The van der Waals surface area contributed by atoms with E-state index in [0.717, 1.165) is 35.1 Å². The Kier molecular flexibility index (Phi) is 3.07. The van der Waals surface area contributed by atoms with Gasteiger partial charge in [0.15, 0.2) is 0 Å². The maximum atomic E-state index is 12.4. The summed E-state index contributed by atoms with van der Waals surface area (Å²) < 4.78 is 75.0. The Morgan fingerprint density at radius 1 is 1.00 bits per heavy atom. The lowest BCUT2D eigenvalue weighted by molar-refractivity contribution is -0.137. The lowest BCUT2D eigenvalue weighted by atomic mass is 9.83. The Labute approximate surface area is 103 Å². The van der Waals surface area contributed by atoms with Crippen LogP contribution >= 0.6 is 0 Å². The van der Waals surface area contributed by atoms with E-state index in [0.29, 0.717) is 6.20 Å². The van der Waals surface area contributed by atoms with Gasteiger partial charge in [0.1, 0.15) is 0 Å². The van der Waals surface area contributed by atoms with Gasteiger partial charge in [0.05, 0.1) is 11.3 Å². The van der Waals surface area contributed by atoms with Crippen molar-refractivity contribution in [2.75, 3.05) is 0 Å². The second-order valence-corrected chi connectivity index (χ2v) is 3.84. The highest BCUT2D eigenvalue weighted by atomic mass is 19.4. The van der Waals surface area contributed by atoms with Crippen LogP contribution in [0.4, 0.5) is 26.1 Å². The molecule has 1 heterocycles. The van der Waals surface area contributed by atoms with Gasteiger partial charge < -0.3 is 12.9 Å². The van der Waals surface area contributed by atoms with E-state index in [9.17, 15) is 26.1 Å². The van der Waals surface area contributed by atoms with E-state index in [-0.39, 0.29) is 5.69 Å². The zero-order valence-electron chi connectivity index (χ0n) is 9.20. The first-order valence-electron chi connectivity index (χ1n) is 5.10. The van der Waals surface area contributed by atoms with Crippen LogP contribution in [0.25, 0.3) is 5.69 Å². The molecule has 0 amide bonds. The molecule has 0 unspecified atom stereocenters. The summed E-state index contributed by atoms with van der Waals surface area (Å²) in [7, 11) is 0. The molecule has 2 aromatic rings. The second-order valence-electron chi connectivity index (χ2n) is 3.84. The van der Waals surface area contributed by atoms with Crippen LogP contribution in [0.1, 0.15) is 5.56 Å². The van der Waals surface area contributed by atoms with Gasteiger partial charge in [-0.05, 0) is 24.3 Å². The average Bonchev–Trinajstić information content (AvgIpc) is 2.77. The third-order valence-electron chi connectivity index (χ3n) is 2.44. The van der Waals surface area contributed by atoms with Gasteiger partial charge in [0, 0.05) is 12.4 Å². The molecule has 1 aromatic carbocycles. The van der Waals surface area contributed by atoms with E-state index in [2.05, 4.69) is 5.10 Å². The van der Waals surface area contributed by atoms with Crippen molar-refractivity contribution in [3.63, 3.8) is 0 Å². The summed E-state index contributed by atoms with van der Waals surface area (Å²) in [6, 6.07) is 3.69. The van der Waals surface area contributed by atoms with Gasteiger partial charge in [-0.15, -0.1) is 0 Å². The highest BCUT2D eigenvalue weighted by Crippen LogP contribution is 2.29. The fraction of sp³-hybridized carbons (Fsp3) is 0.100. The molecule has 19 heavy (non-hydrogen) atoms. The van der Waals surface area contributed by atoms with Gasteiger partial charge >= 0.3 is 13.2 Å². The molecule has 0 aliphatic carbocycles. The Hall–Kier alpha value is -1.93. The predicted octanol–water partition coefficient (Wildman–Crippen LogP) is 2.95. The zero-order chi connectivity index (χ0) is 14.3. The molecule has 0 aliphatic heterocycles. The van der Waals surface area contributed by atoms with E-state index >= 15 is 0 Å². The van der Waals surface area contributed by atoms with Gasteiger partial charge in [-0.25, -0.2) is 4.68 Å². The van der Waals surface area contributed by atoms with Crippen LogP contribution < -0.4 is 5.46 Å². The first kappa shape index (κ1) is 13.5. The molecule has 0 atom stereocenters. The van der Waals surface area contributed by atoms with E-state index in [1.54, 1.807) is 0 Å². The molecule has 0 spiro atoms. The third kappa shape index (κ3) is 2.91. The van der Waals surface area contributed by atoms with Crippen LogP contribution in [-0.4, -0.2) is 16.8 Å². The van der Waals surface area contributed by atoms with Crippen molar-refractivity contribution >= 4 is 12.4 Å². The molecule has 0 N–H and O–H groups in total. The maximum absolute atomic E-state index is 12.4. The average molecular weight is 279 g/mol. The molecule has 2 rings (SSSR count). The number of nitrogens with zero attached hydrogens (tertiary/aromatic N) is 2. The van der Waals surface area contributed by atoms with E-state index in [1.807, 2.05) is 0 Å². The molecular formula is C10H6BF6N2-. The summed E-state index contributed by atoms with van der Waals surface area (Å²) >= 11 is 0. The van der Waals surface area contributed by atoms with Crippen LogP contribution in [-0.2, 0) is 6.18 Å². The molecular weight excluding hydrogens is 273 g/mol. The lowest BCUT2D eigenvalue weighted by Crippen LogP contribution is -2.32. The molecule has 0 saturated carbocycles. The van der Waals surface area contributed by atoms with Crippen molar-refractivity contribution in [3.8, 4) is 5.69 Å². The van der Waals surface area contributed by atoms with Crippen molar-refractivity contribution in [1.29, 1.82) is 0 Å². The van der Waals surface area contributed by atoms with Crippen LogP contribution in [0.15, 0.2) is 36.7 Å². The van der Waals surface area contributed by atoms with Crippen LogP contribution in [0.2, 0.25) is 0 Å². The summed E-state index contributed by atoms with van der Waals surface area (Å²) in [5.74, 6) is 0. The van der Waals surface area contributed by atoms with Gasteiger partial charge in [0.2, 0.25) is 0 Å². The molecule has 0 aliphatic rings. The van der Waals surface area contributed by atoms with E-state index < -0.39 is 24.2 Å². The van der Waals surface area contributed by atoms with Crippen molar-refractivity contribution < 1.29 is 26.1 Å². The minimum Gasteiger partial charge on any atom is -0.445 e. The Morgan fingerprint density at radius 3 is 2.00 bits per heavy atom. The SMILES string of the molecule is F[B-](F)(F)c1cnn(-c2ccc(C(F)(F)F)cc2)c1. The number of rotatable bonds is 2. The Morgan fingerprint density at radius 2 is 1.58 bits per heavy atom. The second kappa shape index (κ2) is 4.32. The van der Waals surface area contributed by atoms with Gasteiger partial charge in [-0.3, -0.25) is 0 Å². The molecule has 1 aromatic heterocycles. The summed E-state index contributed by atoms with van der Waals surface area (Å²) in [5, 5.41) is 3.48. The van der Waals surface area contributed by atoms with Crippen LogP contribution in [0.5, 0.6) is 0 Å². The molecule has 2 nitrogen and oxygen atoms in total. The number of alkyl halides is 3. The normalized spacial score (nSPS) is 12.7. The lowest BCUT2D eigenvalue weighted by Gasteiger charge is -2.10. The zero-order valence-corrected chi connectivity index (χ0v) is 9.20. The molecule has 0 fully saturated rings. The molecule has 9 heteroatoms. The van der Waals surface area contributed by atoms with Gasteiger partial charge in [-0.2, -0.15) is 18.3 Å². The largest absolute Gasteiger partial charge is 0.512 e. The Balaban J connectivity index is 2.31. The Bertz CT molecular complexity index is 569. The summed E-state index contributed by atoms with van der Waals surface area (Å²) in [4.78, 5) is 0. The fourth-order valence-electron chi connectivity index (χ4n) is 1.45. The summed E-state index contributed by atoms with van der Waals surface area (Å²) in [6.45, 7) is -5.17. The van der Waals surface area contributed by atoms with E-state index in [4.69, 9.17) is 0 Å². The molecule has 0 radical (unpaired) electrons. The van der Waals surface area contributed by atoms with Crippen LogP contribution in [0, 0.1) is 0 Å². The fourth-order valence-corrected chi connectivity index (χ4v) is 1.45. The number of halogens is 6. The predicted molar refractivity (Wildman–Crippen MR) is 57.3 cm³/mol. The minimum absolute atomic E-state index is 0.124. The summed E-state index contributed by atoms with van der Waals surface area (Å²) in [6.07, 6.45) is -3.11. The van der Waals surface area contributed by atoms with Crippen molar-refractivity contribution in [2.24, 2.45) is 0 Å². The third-order valence-corrected chi connectivity index (χ3v) is 2.44. The van der Waals surface area contributed by atoms with E-state index in [1.165, 1.54) is 0 Å². The quantitative estimate of drug-likeness (QED) is 0.610. The van der Waals surface area contributed by atoms with Gasteiger partial charge in [0.25, 0.3) is 0 Å². The molecule has 102 valence electrons.